The minimum absolute atomic E-state index is 0.0928. The lowest BCUT2D eigenvalue weighted by molar-refractivity contribution is 0.0888. The zero-order valence-electron chi connectivity index (χ0n) is 11.5. The van der Waals surface area contributed by atoms with Gasteiger partial charge in [0.1, 0.15) is 0 Å². The molecule has 0 saturated carbocycles. The lowest BCUT2D eigenvalue weighted by atomic mass is 10.0. The van der Waals surface area contributed by atoms with Crippen molar-refractivity contribution in [2.75, 3.05) is 46.8 Å². The smallest absolute Gasteiger partial charge is 0.314 e. The minimum atomic E-state index is -0.0928. The standard InChI is InChI=1S/C12H26N4O/c1-10(2)11(9-14-12(17)13-3)16-7-5-15(4)6-8-16/h10-11H,5-9H2,1-4H3,(H2,13,14,17). The number of hydrogen-bond acceptors (Lipinski definition) is 3. The minimum Gasteiger partial charge on any atom is -0.341 e. The zero-order valence-corrected chi connectivity index (χ0v) is 11.5. The highest BCUT2D eigenvalue weighted by molar-refractivity contribution is 5.73. The SMILES string of the molecule is CNC(=O)NCC(C(C)C)N1CCN(C)CC1. The van der Waals surface area contributed by atoms with Crippen LogP contribution in [0.2, 0.25) is 0 Å². The Morgan fingerprint density at radius 1 is 1.24 bits per heavy atom. The Labute approximate surface area is 105 Å². The number of carbonyl (C=O) groups is 1. The van der Waals surface area contributed by atoms with Gasteiger partial charge in [-0.3, -0.25) is 4.90 Å². The van der Waals surface area contributed by atoms with Gasteiger partial charge < -0.3 is 15.5 Å². The van der Waals surface area contributed by atoms with Crippen molar-refractivity contribution < 1.29 is 4.79 Å². The highest BCUT2D eigenvalue weighted by Gasteiger charge is 2.24. The predicted octanol–water partition coefficient (Wildman–Crippen LogP) is 0.187. The molecule has 0 aromatic rings. The summed E-state index contributed by atoms with van der Waals surface area (Å²) in [5.41, 5.74) is 0. The number of urea groups is 1. The molecule has 1 aliphatic rings. The van der Waals surface area contributed by atoms with Gasteiger partial charge in [0.05, 0.1) is 0 Å². The van der Waals surface area contributed by atoms with Crippen LogP contribution >= 0.6 is 0 Å². The van der Waals surface area contributed by atoms with Crippen LogP contribution < -0.4 is 10.6 Å². The Balaban J connectivity index is 2.45. The molecule has 0 spiro atoms. The number of carbonyl (C=O) groups excluding carboxylic acids is 1. The van der Waals surface area contributed by atoms with Crippen molar-refractivity contribution in [3.05, 3.63) is 0 Å². The summed E-state index contributed by atoms with van der Waals surface area (Å²) >= 11 is 0. The van der Waals surface area contributed by atoms with Gasteiger partial charge in [-0.2, -0.15) is 0 Å². The fraction of sp³-hybridized carbons (Fsp3) is 0.917. The molecule has 1 fully saturated rings. The fourth-order valence-corrected chi connectivity index (χ4v) is 2.23. The van der Waals surface area contributed by atoms with Crippen LogP contribution in [0.25, 0.3) is 0 Å². The van der Waals surface area contributed by atoms with Crippen molar-refractivity contribution in [2.45, 2.75) is 19.9 Å². The van der Waals surface area contributed by atoms with Crippen LogP contribution in [-0.4, -0.2) is 68.7 Å². The number of amides is 2. The van der Waals surface area contributed by atoms with Gasteiger partial charge in [0.15, 0.2) is 0 Å². The fourth-order valence-electron chi connectivity index (χ4n) is 2.23. The molecule has 17 heavy (non-hydrogen) atoms. The van der Waals surface area contributed by atoms with Crippen LogP contribution in [0.1, 0.15) is 13.8 Å². The predicted molar refractivity (Wildman–Crippen MR) is 70.2 cm³/mol. The largest absolute Gasteiger partial charge is 0.341 e. The van der Waals surface area contributed by atoms with E-state index in [4.69, 9.17) is 0 Å². The van der Waals surface area contributed by atoms with Crippen molar-refractivity contribution in [1.29, 1.82) is 0 Å². The summed E-state index contributed by atoms with van der Waals surface area (Å²) in [6.45, 7) is 9.57. The monoisotopic (exact) mass is 242 g/mol. The van der Waals surface area contributed by atoms with Crippen molar-refractivity contribution in [3.63, 3.8) is 0 Å². The second-order valence-electron chi connectivity index (χ2n) is 5.11. The van der Waals surface area contributed by atoms with Gasteiger partial charge in [-0.15, -0.1) is 0 Å². The molecule has 5 nitrogen and oxygen atoms in total. The van der Waals surface area contributed by atoms with Crippen molar-refractivity contribution in [1.82, 2.24) is 20.4 Å². The molecule has 0 bridgehead atoms. The molecule has 1 rings (SSSR count). The third-order valence-corrected chi connectivity index (χ3v) is 3.48. The molecule has 0 aromatic heterocycles. The second kappa shape index (κ2) is 6.81. The Kier molecular flexibility index (Phi) is 5.71. The number of piperazine rings is 1. The average molecular weight is 242 g/mol. The van der Waals surface area contributed by atoms with Crippen molar-refractivity contribution in [2.24, 2.45) is 5.92 Å². The highest BCUT2D eigenvalue weighted by atomic mass is 16.2. The van der Waals surface area contributed by atoms with Gasteiger partial charge in [-0.05, 0) is 13.0 Å². The molecule has 1 aliphatic heterocycles. The molecule has 1 atom stereocenters. The van der Waals surface area contributed by atoms with Gasteiger partial charge in [-0.1, -0.05) is 13.8 Å². The van der Waals surface area contributed by atoms with Gasteiger partial charge >= 0.3 is 6.03 Å². The van der Waals surface area contributed by atoms with E-state index in [0.717, 1.165) is 32.7 Å². The van der Waals surface area contributed by atoms with Gasteiger partial charge in [0.2, 0.25) is 0 Å². The molecule has 5 heteroatoms. The number of rotatable bonds is 4. The summed E-state index contributed by atoms with van der Waals surface area (Å²) in [7, 11) is 3.81. The summed E-state index contributed by atoms with van der Waals surface area (Å²) in [4.78, 5) is 16.1. The highest BCUT2D eigenvalue weighted by Crippen LogP contribution is 2.12. The maximum absolute atomic E-state index is 11.2. The van der Waals surface area contributed by atoms with Crippen LogP contribution in [-0.2, 0) is 0 Å². The first-order valence-electron chi connectivity index (χ1n) is 6.42. The Bertz CT molecular complexity index is 237. The normalized spacial score (nSPS) is 20.3. The number of nitrogens with zero attached hydrogens (tertiary/aromatic N) is 2. The lowest BCUT2D eigenvalue weighted by Gasteiger charge is -2.39. The Hall–Kier alpha value is -0.810. The van der Waals surface area contributed by atoms with Crippen LogP contribution in [0, 0.1) is 5.92 Å². The molecular formula is C12H26N4O. The molecule has 0 radical (unpaired) electrons. The van der Waals surface area contributed by atoms with Crippen LogP contribution in [0.3, 0.4) is 0 Å². The molecule has 0 aliphatic carbocycles. The first kappa shape index (κ1) is 14.3. The number of hydrogen-bond donors (Lipinski definition) is 2. The molecule has 1 saturated heterocycles. The van der Waals surface area contributed by atoms with Crippen molar-refractivity contribution in [3.8, 4) is 0 Å². The summed E-state index contributed by atoms with van der Waals surface area (Å²) in [5.74, 6) is 0.551. The van der Waals surface area contributed by atoms with Gasteiger partial charge in [0, 0.05) is 45.8 Å². The van der Waals surface area contributed by atoms with E-state index < -0.39 is 0 Å². The summed E-state index contributed by atoms with van der Waals surface area (Å²) in [6, 6.07) is 0.339. The molecule has 0 aromatic carbocycles. The van der Waals surface area contributed by atoms with Gasteiger partial charge in [-0.25, -0.2) is 4.79 Å². The third-order valence-electron chi connectivity index (χ3n) is 3.48. The van der Waals surface area contributed by atoms with E-state index in [0.29, 0.717) is 12.0 Å². The van der Waals surface area contributed by atoms with E-state index in [2.05, 4.69) is 41.3 Å². The van der Waals surface area contributed by atoms with E-state index >= 15 is 0 Å². The third kappa shape index (κ3) is 4.52. The van der Waals surface area contributed by atoms with Gasteiger partial charge in [0.25, 0.3) is 0 Å². The molecule has 2 N–H and O–H groups in total. The molecule has 1 unspecified atom stereocenters. The van der Waals surface area contributed by atoms with E-state index in [1.54, 1.807) is 7.05 Å². The molecule has 2 amide bonds. The second-order valence-corrected chi connectivity index (χ2v) is 5.11. The summed E-state index contributed by atoms with van der Waals surface area (Å²) in [6.07, 6.45) is 0. The average Bonchev–Trinajstić information content (AvgIpc) is 2.31. The topological polar surface area (TPSA) is 47.6 Å². The maximum Gasteiger partial charge on any atom is 0.314 e. The van der Waals surface area contributed by atoms with Crippen LogP contribution in [0.4, 0.5) is 4.79 Å². The van der Waals surface area contributed by atoms with Crippen LogP contribution in [0.5, 0.6) is 0 Å². The quantitative estimate of drug-likeness (QED) is 0.740. The number of nitrogens with one attached hydrogen (secondary N) is 2. The Morgan fingerprint density at radius 2 is 1.82 bits per heavy atom. The first-order chi connectivity index (χ1) is 8.04. The molecular weight excluding hydrogens is 216 g/mol. The summed E-state index contributed by atoms with van der Waals surface area (Å²) in [5, 5.41) is 5.51. The van der Waals surface area contributed by atoms with Crippen molar-refractivity contribution >= 4 is 6.03 Å². The van der Waals surface area contributed by atoms with E-state index in [9.17, 15) is 4.79 Å². The van der Waals surface area contributed by atoms with E-state index in [-0.39, 0.29) is 6.03 Å². The van der Waals surface area contributed by atoms with Crippen LogP contribution in [0.15, 0.2) is 0 Å². The Morgan fingerprint density at radius 3 is 2.29 bits per heavy atom. The first-order valence-corrected chi connectivity index (χ1v) is 6.42. The lowest BCUT2D eigenvalue weighted by Crippen LogP contribution is -2.54. The summed E-state index contributed by atoms with van der Waals surface area (Å²) < 4.78 is 0. The van der Waals surface area contributed by atoms with E-state index in [1.165, 1.54) is 0 Å². The van der Waals surface area contributed by atoms with E-state index in [1.807, 2.05) is 0 Å². The maximum atomic E-state index is 11.2. The zero-order chi connectivity index (χ0) is 12.8. The molecule has 100 valence electrons. The molecule has 1 heterocycles. The number of likely N-dealkylation sites (N-methyl/N-ethyl adjacent to an activating group) is 1.